The molecule has 1 aromatic rings. The van der Waals surface area contributed by atoms with Crippen molar-refractivity contribution in [3.05, 3.63) is 16.1 Å². The van der Waals surface area contributed by atoms with Gasteiger partial charge in [0.25, 0.3) is 0 Å². The molecule has 0 aromatic carbocycles. The standard InChI is InChI=1S/C12H17N3O3S/c1-7-14-9(6-19-7)5-13-11(18)15-12(2,10(16)17)8-3-4-8/h6,8H,3-5H2,1-2H3,(H,16,17)(H2,13,15,18). The molecule has 2 amide bonds. The van der Waals surface area contributed by atoms with Gasteiger partial charge in [-0.15, -0.1) is 11.3 Å². The largest absolute Gasteiger partial charge is 0.480 e. The second-order valence-electron chi connectivity index (χ2n) is 4.95. The maximum Gasteiger partial charge on any atom is 0.329 e. The van der Waals surface area contributed by atoms with E-state index in [0.717, 1.165) is 23.5 Å². The fourth-order valence-electron chi connectivity index (χ4n) is 1.93. The molecule has 104 valence electrons. The van der Waals surface area contributed by atoms with Gasteiger partial charge in [-0.05, 0) is 32.6 Å². The van der Waals surface area contributed by atoms with E-state index in [4.69, 9.17) is 0 Å². The molecule has 1 aliphatic carbocycles. The normalized spacial score (nSPS) is 17.6. The maximum atomic E-state index is 11.8. The summed E-state index contributed by atoms with van der Waals surface area (Å²) < 4.78 is 0. The third-order valence-electron chi connectivity index (χ3n) is 3.31. The average molecular weight is 283 g/mol. The van der Waals surface area contributed by atoms with Crippen LogP contribution in [0.25, 0.3) is 0 Å². The number of thiazole rings is 1. The van der Waals surface area contributed by atoms with E-state index < -0.39 is 17.5 Å². The van der Waals surface area contributed by atoms with Gasteiger partial charge in [0.15, 0.2) is 0 Å². The van der Waals surface area contributed by atoms with Crippen LogP contribution in [0, 0.1) is 12.8 Å². The number of aliphatic carboxylic acids is 1. The molecule has 2 rings (SSSR count). The molecule has 7 heteroatoms. The number of carbonyl (C=O) groups excluding carboxylic acids is 1. The van der Waals surface area contributed by atoms with Crippen molar-refractivity contribution in [2.75, 3.05) is 0 Å². The van der Waals surface area contributed by atoms with Gasteiger partial charge in [0.05, 0.1) is 17.2 Å². The van der Waals surface area contributed by atoms with Crippen LogP contribution in [0.3, 0.4) is 0 Å². The predicted molar refractivity (Wildman–Crippen MR) is 71.0 cm³/mol. The summed E-state index contributed by atoms with van der Waals surface area (Å²) in [5, 5.41) is 17.2. The Labute approximate surface area is 115 Å². The van der Waals surface area contributed by atoms with Crippen LogP contribution in [0.5, 0.6) is 0 Å². The number of carboxylic acids is 1. The van der Waals surface area contributed by atoms with E-state index in [1.54, 1.807) is 6.92 Å². The van der Waals surface area contributed by atoms with Crippen molar-refractivity contribution >= 4 is 23.3 Å². The number of carbonyl (C=O) groups is 2. The molecule has 0 bridgehead atoms. The zero-order valence-electron chi connectivity index (χ0n) is 10.9. The molecule has 1 unspecified atom stereocenters. The summed E-state index contributed by atoms with van der Waals surface area (Å²) in [5.41, 5.74) is -0.400. The predicted octanol–water partition coefficient (Wildman–Crippen LogP) is 1.50. The lowest BCUT2D eigenvalue weighted by molar-refractivity contribution is -0.144. The molecular formula is C12H17N3O3S. The Kier molecular flexibility index (Phi) is 3.75. The fraction of sp³-hybridized carbons (Fsp3) is 0.583. The highest BCUT2D eigenvalue weighted by Gasteiger charge is 2.48. The van der Waals surface area contributed by atoms with E-state index in [2.05, 4.69) is 15.6 Å². The minimum atomic E-state index is -1.18. The van der Waals surface area contributed by atoms with Crippen molar-refractivity contribution in [3.63, 3.8) is 0 Å². The third kappa shape index (κ3) is 3.23. The molecule has 1 fully saturated rings. The molecule has 1 atom stereocenters. The molecule has 0 aliphatic heterocycles. The average Bonchev–Trinajstić information content (AvgIpc) is 3.11. The van der Waals surface area contributed by atoms with Crippen LogP contribution in [-0.2, 0) is 11.3 Å². The van der Waals surface area contributed by atoms with Crippen molar-refractivity contribution in [2.45, 2.75) is 38.8 Å². The quantitative estimate of drug-likeness (QED) is 0.763. The number of hydrogen-bond acceptors (Lipinski definition) is 4. The van der Waals surface area contributed by atoms with Crippen LogP contribution in [0.1, 0.15) is 30.5 Å². The van der Waals surface area contributed by atoms with Crippen LogP contribution in [0.15, 0.2) is 5.38 Å². The highest BCUT2D eigenvalue weighted by atomic mass is 32.1. The van der Waals surface area contributed by atoms with E-state index in [0.29, 0.717) is 6.54 Å². The molecule has 1 heterocycles. The zero-order valence-corrected chi connectivity index (χ0v) is 11.7. The lowest BCUT2D eigenvalue weighted by Gasteiger charge is -2.26. The first-order valence-electron chi connectivity index (χ1n) is 6.12. The number of aryl methyl sites for hydroxylation is 1. The van der Waals surface area contributed by atoms with Crippen molar-refractivity contribution in [2.24, 2.45) is 5.92 Å². The van der Waals surface area contributed by atoms with Gasteiger partial charge in [-0.1, -0.05) is 0 Å². The summed E-state index contributed by atoms with van der Waals surface area (Å²) in [5.74, 6) is -0.966. The maximum absolute atomic E-state index is 11.8. The number of hydrogen-bond donors (Lipinski definition) is 3. The Bertz CT molecular complexity index is 498. The van der Waals surface area contributed by atoms with E-state index in [-0.39, 0.29) is 5.92 Å². The monoisotopic (exact) mass is 283 g/mol. The second-order valence-corrected chi connectivity index (χ2v) is 6.01. The Morgan fingerprint density at radius 2 is 2.26 bits per heavy atom. The SMILES string of the molecule is Cc1nc(CNC(=O)NC(C)(C(=O)O)C2CC2)cs1. The van der Waals surface area contributed by atoms with Gasteiger partial charge < -0.3 is 15.7 Å². The van der Waals surface area contributed by atoms with E-state index in [1.807, 2.05) is 12.3 Å². The number of nitrogens with zero attached hydrogens (tertiary/aromatic N) is 1. The van der Waals surface area contributed by atoms with Gasteiger partial charge >= 0.3 is 12.0 Å². The van der Waals surface area contributed by atoms with Crippen molar-refractivity contribution in [3.8, 4) is 0 Å². The number of carboxylic acid groups (broad SMARTS) is 1. The fourth-order valence-corrected chi connectivity index (χ4v) is 2.54. The van der Waals surface area contributed by atoms with Gasteiger partial charge in [0.2, 0.25) is 0 Å². The lowest BCUT2D eigenvalue weighted by Crippen LogP contribution is -2.56. The molecule has 0 radical (unpaired) electrons. The topological polar surface area (TPSA) is 91.3 Å². The van der Waals surface area contributed by atoms with Crippen LogP contribution >= 0.6 is 11.3 Å². The Morgan fingerprint density at radius 1 is 1.58 bits per heavy atom. The molecule has 0 saturated heterocycles. The van der Waals surface area contributed by atoms with E-state index >= 15 is 0 Å². The highest BCUT2D eigenvalue weighted by molar-refractivity contribution is 7.09. The first-order chi connectivity index (χ1) is 8.91. The summed E-state index contributed by atoms with van der Waals surface area (Å²) in [4.78, 5) is 27.2. The minimum Gasteiger partial charge on any atom is -0.480 e. The summed E-state index contributed by atoms with van der Waals surface area (Å²) in [7, 11) is 0. The molecule has 1 aliphatic rings. The Morgan fingerprint density at radius 3 is 2.74 bits per heavy atom. The minimum absolute atomic E-state index is 0.0252. The Balaban J connectivity index is 1.88. The summed E-state index contributed by atoms with van der Waals surface area (Å²) >= 11 is 1.51. The molecule has 19 heavy (non-hydrogen) atoms. The molecule has 0 spiro atoms. The summed E-state index contributed by atoms with van der Waals surface area (Å²) in [6.07, 6.45) is 1.68. The first-order valence-corrected chi connectivity index (χ1v) is 7.00. The van der Waals surface area contributed by atoms with Crippen LogP contribution in [0.4, 0.5) is 4.79 Å². The third-order valence-corrected chi connectivity index (χ3v) is 4.13. The summed E-state index contributed by atoms with van der Waals surface area (Å²) in [6.45, 7) is 3.75. The van der Waals surface area contributed by atoms with Crippen LogP contribution in [-0.4, -0.2) is 27.6 Å². The lowest BCUT2D eigenvalue weighted by atomic mass is 9.96. The van der Waals surface area contributed by atoms with Crippen LogP contribution in [0.2, 0.25) is 0 Å². The van der Waals surface area contributed by atoms with Crippen molar-refractivity contribution in [1.29, 1.82) is 0 Å². The number of rotatable bonds is 5. The molecule has 1 saturated carbocycles. The highest BCUT2D eigenvalue weighted by Crippen LogP contribution is 2.39. The summed E-state index contributed by atoms with van der Waals surface area (Å²) in [6, 6.07) is -0.470. The number of amides is 2. The van der Waals surface area contributed by atoms with Gasteiger partial charge in [0.1, 0.15) is 5.54 Å². The zero-order chi connectivity index (χ0) is 14.0. The van der Waals surface area contributed by atoms with E-state index in [1.165, 1.54) is 11.3 Å². The molecular weight excluding hydrogens is 266 g/mol. The smallest absolute Gasteiger partial charge is 0.329 e. The van der Waals surface area contributed by atoms with E-state index in [9.17, 15) is 14.7 Å². The Hall–Kier alpha value is -1.63. The van der Waals surface area contributed by atoms with Gasteiger partial charge in [0, 0.05) is 5.38 Å². The molecule has 6 nitrogen and oxygen atoms in total. The first kappa shape index (κ1) is 13.8. The second kappa shape index (κ2) is 5.16. The van der Waals surface area contributed by atoms with Crippen molar-refractivity contribution in [1.82, 2.24) is 15.6 Å². The number of nitrogens with one attached hydrogen (secondary N) is 2. The van der Waals surface area contributed by atoms with Gasteiger partial charge in [-0.25, -0.2) is 14.6 Å². The molecule has 1 aromatic heterocycles. The number of aromatic nitrogens is 1. The van der Waals surface area contributed by atoms with Gasteiger partial charge in [-0.2, -0.15) is 0 Å². The molecule has 3 N–H and O–H groups in total. The van der Waals surface area contributed by atoms with Gasteiger partial charge in [-0.3, -0.25) is 0 Å². The van der Waals surface area contributed by atoms with Crippen LogP contribution < -0.4 is 10.6 Å². The number of urea groups is 1. The van der Waals surface area contributed by atoms with Crippen molar-refractivity contribution < 1.29 is 14.7 Å².